The summed E-state index contributed by atoms with van der Waals surface area (Å²) in [6.45, 7) is 2.10. The van der Waals surface area contributed by atoms with Gasteiger partial charge in [-0.3, -0.25) is 10.1 Å². The van der Waals surface area contributed by atoms with E-state index in [-0.39, 0.29) is 16.7 Å². The van der Waals surface area contributed by atoms with Crippen molar-refractivity contribution in [1.82, 2.24) is 0 Å². The molecular weight excluding hydrogens is 316 g/mol. The number of fused-ring (bicyclic) bond motifs is 3. The monoisotopic (exact) mass is 336 g/mol. The number of allylic oxidation sites excluding steroid dienone is 2. The summed E-state index contributed by atoms with van der Waals surface area (Å²) in [4.78, 5) is 11.0. The minimum atomic E-state index is -0.380. The van der Waals surface area contributed by atoms with E-state index < -0.39 is 0 Å². The molecule has 0 amide bonds. The number of nitrogens with one attached hydrogen (secondary N) is 1. The van der Waals surface area contributed by atoms with Gasteiger partial charge in [-0.25, -0.2) is 0 Å². The van der Waals surface area contributed by atoms with Gasteiger partial charge < -0.3 is 10.1 Å². The van der Waals surface area contributed by atoms with E-state index in [1.807, 2.05) is 6.07 Å². The summed E-state index contributed by atoms with van der Waals surface area (Å²) in [6, 6.07) is 11.7. The number of ether oxygens (including phenoxy) is 1. The second kappa shape index (κ2) is 5.92. The summed E-state index contributed by atoms with van der Waals surface area (Å²) in [5, 5.41) is 15.0. The fourth-order valence-corrected chi connectivity index (χ4v) is 4.15. The molecule has 2 aliphatic rings. The molecule has 0 fully saturated rings. The molecule has 1 N–H and O–H groups in total. The molecule has 0 unspecified atom stereocenters. The standard InChI is InChI=1S/C20H20N2O3/c1-12-5-3-7-15-14-6-4-8-16(14)20(21-19(12)15)13-9-10-18(25-2)17(11-13)22(23)24/h3-7,9-11,14,16,20-21H,8H2,1-2H3/t14-,16-,20+/m0/s1. The highest BCUT2D eigenvalue weighted by molar-refractivity contribution is 5.64. The van der Waals surface area contributed by atoms with Gasteiger partial charge in [-0.2, -0.15) is 0 Å². The van der Waals surface area contributed by atoms with E-state index in [1.165, 1.54) is 18.2 Å². The minimum Gasteiger partial charge on any atom is -0.490 e. The van der Waals surface area contributed by atoms with Crippen LogP contribution in [0.2, 0.25) is 0 Å². The second-order valence-corrected chi connectivity index (χ2v) is 6.70. The molecule has 0 saturated heterocycles. The third-order valence-electron chi connectivity index (χ3n) is 5.36. The number of nitro benzene ring substituents is 1. The van der Waals surface area contributed by atoms with Crippen LogP contribution in [0, 0.1) is 23.0 Å². The van der Waals surface area contributed by atoms with Crippen molar-refractivity contribution in [2.75, 3.05) is 12.4 Å². The quantitative estimate of drug-likeness (QED) is 0.499. The number of benzene rings is 2. The van der Waals surface area contributed by atoms with Crippen LogP contribution in [0.3, 0.4) is 0 Å². The molecule has 25 heavy (non-hydrogen) atoms. The van der Waals surface area contributed by atoms with Crippen molar-refractivity contribution in [2.45, 2.75) is 25.3 Å². The molecule has 2 aromatic carbocycles. The normalized spacial score (nSPS) is 23.5. The fourth-order valence-electron chi connectivity index (χ4n) is 4.15. The molecule has 5 heteroatoms. The van der Waals surface area contributed by atoms with E-state index in [0.29, 0.717) is 17.6 Å². The molecule has 0 aromatic heterocycles. The van der Waals surface area contributed by atoms with Gasteiger partial charge in [-0.1, -0.05) is 36.4 Å². The summed E-state index contributed by atoms with van der Waals surface area (Å²) >= 11 is 0. The Kier molecular flexibility index (Phi) is 3.71. The number of nitro groups is 1. The molecule has 128 valence electrons. The van der Waals surface area contributed by atoms with Gasteiger partial charge in [0.25, 0.3) is 0 Å². The molecular formula is C20H20N2O3. The SMILES string of the molecule is COc1ccc([C@H]2Nc3c(C)cccc3[C@@H]3C=CC[C@H]23)cc1[N+](=O)[O-]. The van der Waals surface area contributed by atoms with Gasteiger partial charge in [0.15, 0.2) is 5.75 Å². The Morgan fingerprint density at radius 3 is 2.88 bits per heavy atom. The topological polar surface area (TPSA) is 64.4 Å². The van der Waals surface area contributed by atoms with Crippen LogP contribution in [0.4, 0.5) is 11.4 Å². The van der Waals surface area contributed by atoms with Crippen molar-refractivity contribution in [2.24, 2.45) is 5.92 Å². The zero-order valence-corrected chi connectivity index (χ0v) is 14.2. The van der Waals surface area contributed by atoms with Crippen molar-refractivity contribution in [3.05, 3.63) is 75.4 Å². The minimum absolute atomic E-state index is 0.0138. The molecule has 0 radical (unpaired) electrons. The Morgan fingerprint density at radius 1 is 1.28 bits per heavy atom. The molecule has 0 bridgehead atoms. The summed E-state index contributed by atoms with van der Waals surface area (Å²) in [5.41, 5.74) is 4.61. The van der Waals surface area contributed by atoms with E-state index in [2.05, 4.69) is 42.6 Å². The lowest BCUT2D eigenvalue weighted by atomic mass is 9.76. The van der Waals surface area contributed by atoms with Crippen LogP contribution in [0.5, 0.6) is 5.75 Å². The molecule has 1 aliphatic carbocycles. The Hall–Kier alpha value is -2.82. The molecule has 0 spiro atoms. The highest BCUT2D eigenvalue weighted by Crippen LogP contribution is 2.51. The largest absolute Gasteiger partial charge is 0.490 e. The smallest absolute Gasteiger partial charge is 0.311 e. The first-order chi connectivity index (χ1) is 12.1. The predicted octanol–water partition coefficient (Wildman–Crippen LogP) is 4.74. The number of methoxy groups -OCH3 is 1. The van der Waals surface area contributed by atoms with Gasteiger partial charge in [0.05, 0.1) is 18.1 Å². The van der Waals surface area contributed by atoms with Gasteiger partial charge >= 0.3 is 5.69 Å². The van der Waals surface area contributed by atoms with Crippen LogP contribution in [-0.2, 0) is 0 Å². The zero-order valence-electron chi connectivity index (χ0n) is 14.2. The van der Waals surface area contributed by atoms with Gasteiger partial charge in [0.1, 0.15) is 0 Å². The van der Waals surface area contributed by atoms with Crippen LogP contribution in [-0.4, -0.2) is 12.0 Å². The number of nitrogens with zero attached hydrogens (tertiary/aromatic N) is 1. The molecule has 5 nitrogen and oxygen atoms in total. The van der Waals surface area contributed by atoms with Gasteiger partial charge in [0.2, 0.25) is 0 Å². The van der Waals surface area contributed by atoms with Crippen molar-refractivity contribution in [3.63, 3.8) is 0 Å². The summed E-state index contributed by atoms with van der Waals surface area (Å²) in [6.07, 6.45) is 5.46. The van der Waals surface area contributed by atoms with E-state index in [0.717, 1.165) is 17.7 Å². The van der Waals surface area contributed by atoms with Crippen molar-refractivity contribution < 1.29 is 9.66 Å². The van der Waals surface area contributed by atoms with Crippen LogP contribution >= 0.6 is 0 Å². The number of hydrogen-bond acceptors (Lipinski definition) is 4. The number of aryl methyl sites for hydroxylation is 1. The first kappa shape index (κ1) is 15.7. The van der Waals surface area contributed by atoms with Gasteiger partial charge in [-0.05, 0) is 42.0 Å². The van der Waals surface area contributed by atoms with Crippen molar-refractivity contribution >= 4 is 11.4 Å². The highest BCUT2D eigenvalue weighted by Gasteiger charge is 2.38. The lowest BCUT2D eigenvalue weighted by Crippen LogP contribution is -2.29. The second-order valence-electron chi connectivity index (χ2n) is 6.70. The maximum absolute atomic E-state index is 11.4. The van der Waals surface area contributed by atoms with Crippen LogP contribution in [0.1, 0.15) is 35.1 Å². The Labute approximate surface area is 146 Å². The first-order valence-electron chi connectivity index (χ1n) is 8.45. The molecule has 4 rings (SSSR count). The van der Waals surface area contributed by atoms with Crippen molar-refractivity contribution in [3.8, 4) is 5.75 Å². The van der Waals surface area contributed by atoms with Crippen molar-refractivity contribution in [1.29, 1.82) is 0 Å². The molecule has 3 atom stereocenters. The summed E-state index contributed by atoms with van der Waals surface area (Å²) in [7, 11) is 1.46. The van der Waals surface area contributed by atoms with Crippen LogP contribution in [0.15, 0.2) is 48.6 Å². The molecule has 0 saturated carbocycles. The lowest BCUT2D eigenvalue weighted by molar-refractivity contribution is -0.385. The predicted molar refractivity (Wildman–Crippen MR) is 97.2 cm³/mol. The average Bonchev–Trinajstić information content (AvgIpc) is 3.11. The Morgan fingerprint density at radius 2 is 2.12 bits per heavy atom. The van der Waals surface area contributed by atoms with E-state index in [9.17, 15) is 10.1 Å². The number of rotatable bonds is 3. The molecule has 1 heterocycles. The maximum atomic E-state index is 11.4. The van der Waals surface area contributed by atoms with Crippen LogP contribution in [0.25, 0.3) is 0 Å². The summed E-state index contributed by atoms with van der Waals surface area (Å²) < 4.78 is 5.14. The molecule has 2 aromatic rings. The lowest BCUT2D eigenvalue weighted by Gasteiger charge is -2.38. The maximum Gasteiger partial charge on any atom is 0.311 e. The summed E-state index contributed by atoms with van der Waals surface area (Å²) in [5.74, 6) is 1.01. The van der Waals surface area contributed by atoms with Gasteiger partial charge in [-0.15, -0.1) is 0 Å². The third-order valence-corrected chi connectivity index (χ3v) is 5.36. The molecule has 1 aliphatic heterocycles. The fraction of sp³-hybridized carbons (Fsp3) is 0.300. The first-order valence-corrected chi connectivity index (χ1v) is 8.45. The van der Waals surface area contributed by atoms with Gasteiger partial charge in [0, 0.05) is 17.7 Å². The van der Waals surface area contributed by atoms with Crippen LogP contribution < -0.4 is 10.1 Å². The number of hydrogen-bond donors (Lipinski definition) is 1. The highest BCUT2D eigenvalue weighted by atomic mass is 16.6. The third kappa shape index (κ3) is 2.47. The zero-order chi connectivity index (χ0) is 17.6. The average molecular weight is 336 g/mol. The Bertz CT molecular complexity index is 875. The number of para-hydroxylation sites is 1. The van der Waals surface area contributed by atoms with E-state index >= 15 is 0 Å². The Balaban J connectivity index is 1.80. The number of anilines is 1. The van der Waals surface area contributed by atoms with E-state index in [4.69, 9.17) is 4.74 Å². The van der Waals surface area contributed by atoms with E-state index in [1.54, 1.807) is 12.1 Å².